The maximum absolute atomic E-state index is 12.4. The Hall–Kier alpha value is -1.76. The van der Waals surface area contributed by atoms with Crippen LogP contribution >= 0.6 is 23.2 Å². The fourth-order valence-corrected chi connectivity index (χ4v) is 3.48. The van der Waals surface area contributed by atoms with Gasteiger partial charge in [0.1, 0.15) is 10.6 Å². The Morgan fingerprint density at radius 1 is 1.00 bits per heavy atom. The van der Waals surface area contributed by atoms with Crippen molar-refractivity contribution in [2.24, 2.45) is 0 Å². The summed E-state index contributed by atoms with van der Waals surface area (Å²) in [5.74, 6) is -0.00872. The first-order valence-electron chi connectivity index (χ1n) is 6.67. The van der Waals surface area contributed by atoms with Crippen LogP contribution in [0.3, 0.4) is 0 Å². The van der Waals surface area contributed by atoms with E-state index in [1.54, 1.807) is 6.07 Å². The lowest BCUT2D eigenvalue weighted by Gasteiger charge is -2.17. The van der Waals surface area contributed by atoms with E-state index in [-0.39, 0.29) is 21.6 Å². The lowest BCUT2D eigenvalue weighted by Crippen LogP contribution is -2.19. The molecule has 2 aromatic rings. The number of aryl methyl sites for hydroxylation is 1. The van der Waals surface area contributed by atoms with Gasteiger partial charge in [-0.15, -0.1) is 0 Å². The van der Waals surface area contributed by atoms with Crippen molar-refractivity contribution in [1.29, 1.82) is 0 Å². The molecule has 2 aromatic carbocycles. The van der Waals surface area contributed by atoms with Gasteiger partial charge in [0, 0.05) is 18.2 Å². The third-order valence-corrected chi connectivity index (χ3v) is 5.34. The molecule has 0 aromatic heterocycles. The third-order valence-electron chi connectivity index (χ3n) is 3.36. The predicted molar refractivity (Wildman–Crippen MR) is 87.7 cm³/mol. The van der Waals surface area contributed by atoms with Crippen molar-refractivity contribution in [3.05, 3.63) is 52.0 Å². The number of halogens is 2. The average molecular weight is 372 g/mol. The minimum Gasteiger partial charge on any atom is -0.379 e. The molecule has 23 heavy (non-hydrogen) atoms. The van der Waals surface area contributed by atoms with Crippen LogP contribution in [-0.4, -0.2) is 14.3 Å². The van der Waals surface area contributed by atoms with E-state index in [2.05, 4.69) is 5.32 Å². The summed E-state index contributed by atoms with van der Waals surface area (Å²) in [5, 5.41) is 3.20. The lowest BCUT2D eigenvalue weighted by molar-refractivity contribution is -0.116. The number of carbonyl (C=O) groups excluding carboxylic acids is 1. The van der Waals surface area contributed by atoms with Crippen LogP contribution in [0.15, 0.2) is 41.3 Å². The van der Waals surface area contributed by atoms with Gasteiger partial charge in [-0.3, -0.25) is 4.79 Å². The average Bonchev–Trinajstić information content (AvgIpc) is 2.50. The van der Waals surface area contributed by atoms with E-state index in [0.29, 0.717) is 23.6 Å². The molecule has 1 aliphatic heterocycles. The Kier molecular flexibility index (Phi) is 4.23. The molecule has 0 saturated heterocycles. The van der Waals surface area contributed by atoms with Gasteiger partial charge >= 0.3 is 10.1 Å². The Morgan fingerprint density at radius 2 is 1.78 bits per heavy atom. The molecule has 1 N–H and O–H groups in total. The van der Waals surface area contributed by atoms with Gasteiger partial charge in [-0.2, -0.15) is 8.42 Å². The van der Waals surface area contributed by atoms with Crippen LogP contribution in [0.1, 0.15) is 12.0 Å². The highest BCUT2D eigenvalue weighted by atomic mass is 35.5. The van der Waals surface area contributed by atoms with Gasteiger partial charge in [0.25, 0.3) is 0 Å². The molecule has 0 atom stereocenters. The maximum atomic E-state index is 12.4. The minimum absolute atomic E-state index is 0.0125. The summed E-state index contributed by atoms with van der Waals surface area (Å²) in [4.78, 5) is 11.3. The van der Waals surface area contributed by atoms with Crippen LogP contribution in [-0.2, 0) is 21.3 Å². The highest BCUT2D eigenvalue weighted by Gasteiger charge is 2.21. The second-order valence-corrected chi connectivity index (χ2v) is 7.34. The molecule has 3 rings (SSSR count). The fourth-order valence-electron chi connectivity index (χ4n) is 2.22. The molecule has 120 valence electrons. The monoisotopic (exact) mass is 371 g/mol. The minimum atomic E-state index is -4.00. The molecule has 0 radical (unpaired) electrons. The van der Waals surface area contributed by atoms with Crippen LogP contribution in [0, 0.1) is 0 Å². The molecule has 1 aliphatic rings. The van der Waals surface area contributed by atoms with Crippen LogP contribution in [0.5, 0.6) is 5.75 Å². The Morgan fingerprint density at radius 3 is 2.52 bits per heavy atom. The Labute approximate surface area is 143 Å². The van der Waals surface area contributed by atoms with Crippen LogP contribution < -0.4 is 9.50 Å². The van der Waals surface area contributed by atoms with Crippen molar-refractivity contribution >= 4 is 44.9 Å². The molecule has 0 unspecified atom stereocenters. The van der Waals surface area contributed by atoms with Gasteiger partial charge in [0.15, 0.2) is 0 Å². The number of fused-ring (bicyclic) bond motifs is 1. The maximum Gasteiger partial charge on any atom is 0.339 e. The smallest absolute Gasteiger partial charge is 0.339 e. The zero-order valence-corrected chi connectivity index (χ0v) is 14.0. The van der Waals surface area contributed by atoms with Gasteiger partial charge in [-0.1, -0.05) is 23.2 Å². The first-order chi connectivity index (χ1) is 10.8. The molecule has 1 heterocycles. The van der Waals surface area contributed by atoms with Crippen molar-refractivity contribution in [3.63, 3.8) is 0 Å². The summed E-state index contributed by atoms with van der Waals surface area (Å²) in [6.07, 6.45) is 0.807. The van der Waals surface area contributed by atoms with E-state index in [1.807, 2.05) is 0 Å². The number of rotatable bonds is 3. The Bertz CT molecular complexity index is 896. The zero-order chi connectivity index (χ0) is 16.6. The summed E-state index contributed by atoms with van der Waals surface area (Å²) >= 11 is 11.6. The molecule has 0 bridgehead atoms. The van der Waals surface area contributed by atoms with Crippen LogP contribution in [0.2, 0.25) is 10.0 Å². The summed E-state index contributed by atoms with van der Waals surface area (Å²) in [6, 6.07) is 8.65. The van der Waals surface area contributed by atoms with Gasteiger partial charge in [0.2, 0.25) is 5.91 Å². The van der Waals surface area contributed by atoms with Crippen molar-refractivity contribution in [2.45, 2.75) is 17.7 Å². The number of nitrogens with one attached hydrogen (secondary N) is 1. The van der Waals surface area contributed by atoms with Gasteiger partial charge in [-0.05, 0) is 42.3 Å². The number of hydrogen-bond donors (Lipinski definition) is 1. The molecule has 8 heteroatoms. The molecule has 0 spiro atoms. The highest BCUT2D eigenvalue weighted by Crippen LogP contribution is 2.30. The van der Waals surface area contributed by atoms with E-state index in [4.69, 9.17) is 27.4 Å². The predicted octanol–water partition coefficient (Wildman–Crippen LogP) is 3.65. The number of amides is 1. The lowest BCUT2D eigenvalue weighted by atomic mass is 10.0. The number of carbonyl (C=O) groups is 1. The number of benzene rings is 2. The van der Waals surface area contributed by atoms with Crippen LogP contribution in [0.25, 0.3) is 0 Å². The second kappa shape index (κ2) is 6.03. The van der Waals surface area contributed by atoms with Crippen molar-refractivity contribution in [3.8, 4) is 5.75 Å². The van der Waals surface area contributed by atoms with Gasteiger partial charge < -0.3 is 9.50 Å². The molecule has 5 nitrogen and oxygen atoms in total. The SMILES string of the molecule is O=C1CCc2cc(S(=O)(=O)Oc3ccc(Cl)c(Cl)c3)ccc2N1. The van der Waals surface area contributed by atoms with Crippen molar-refractivity contribution < 1.29 is 17.4 Å². The van der Waals surface area contributed by atoms with E-state index >= 15 is 0 Å². The number of anilines is 1. The molecular weight excluding hydrogens is 361 g/mol. The van der Waals surface area contributed by atoms with Gasteiger partial charge in [-0.25, -0.2) is 0 Å². The van der Waals surface area contributed by atoms with E-state index < -0.39 is 10.1 Å². The molecule has 1 amide bonds. The first-order valence-corrected chi connectivity index (χ1v) is 8.84. The molecule has 0 fully saturated rings. The topological polar surface area (TPSA) is 72.5 Å². The summed E-state index contributed by atoms with van der Waals surface area (Å²) in [7, 11) is -4.00. The third kappa shape index (κ3) is 3.44. The largest absolute Gasteiger partial charge is 0.379 e. The Balaban J connectivity index is 1.90. The summed E-state index contributed by atoms with van der Waals surface area (Å²) in [6.45, 7) is 0. The second-order valence-electron chi connectivity index (χ2n) is 4.98. The van der Waals surface area contributed by atoms with Gasteiger partial charge in [0.05, 0.1) is 10.0 Å². The first kappa shape index (κ1) is 16.1. The van der Waals surface area contributed by atoms with E-state index in [0.717, 1.165) is 5.56 Å². The van der Waals surface area contributed by atoms with E-state index in [1.165, 1.54) is 30.3 Å². The van der Waals surface area contributed by atoms with Crippen molar-refractivity contribution in [2.75, 3.05) is 5.32 Å². The van der Waals surface area contributed by atoms with Crippen molar-refractivity contribution in [1.82, 2.24) is 0 Å². The standard InChI is InChI=1S/C15H11Cl2NO4S/c16-12-4-2-10(8-13(12)17)22-23(20,21)11-3-5-14-9(7-11)1-6-15(19)18-14/h2-5,7-8H,1,6H2,(H,18,19). The molecule has 0 saturated carbocycles. The number of hydrogen-bond acceptors (Lipinski definition) is 4. The fraction of sp³-hybridized carbons (Fsp3) is 0.133. The summed E-state index contributed by atoms with van der Waals surface area (Å²) in [5.41, 5.74) is 1.37. The normalized spacial score (nSPS) is 14.1. The zero-order valence-electron chi connectivity index (χ0n) is 11.7. The molecule has 0 aliphatic carbocycles. The summed E-state index contributed by atoms with van der Waals surface area (Å²) < 4.78 is 29.8. The molecular formula is C15H11Cl2NO4S. The van der Waals surface area contributed by atoms with E-state index in [9.17, 15) is 13.2 Å². The van der Waals surface area contributed by atoms with Crippen LogP contribution in [0.4, 0.5) is 5.69 Å². The quantitative estimate of drug-likeness (QED) is 0.835. The highest BCUT2D eigenvalue weighted by molar-refractivity contribution is 7.87.